The van der Waals surface area contributed by atoms with Crippen molar-refractivity contribution in [3.63, 3.8) is 0 Å². The minimum absolute atomic E-state index is 0.0333. The van der Waals surface area contributed by atoms with Crippen molar-refractivity contribution in [1.29, 1.82) is 0 Å². The molecule has 0 saturated heterocycles. The summed E-state index contributed by atoms with van der Waals surface area (Å²) in [5.41, 5.74) is 0. The molecule has 0 spiro atoms. The predicted octanol–water partition coefficient (Wildman–Crippen LogP) is 0.369. The number of nitrogens with one attached hydrogen (secondary N) is 3. The van der Waals surface area contributed by atoms with Crippen LogP contribution in [0.15, 0.2) is 38.0 Å². The van der Waals surface area contributed by atoms with Crippen molar-refractivity contribution >= 4 is 35.4 Å². The van der Waals surface area contributed by atoms with Gasteiger partial charge >= 0.3 is 0 Å². The molecule has 0 atom stereocenters. The molecular weight excluding hydrogens is 516 g/mol. The lowest BCUT2D eigenvalue weighted by atomic mass is 10.2. The molecule has 40 heavy (non-hydrogen) atoms. The number of rotatable bonds is 22. The quantitative estimate of drug-likeness (QED) is 0.128. The van der Waals surface area contributed by atoms with Crippen LogP contribution in [0.3, 0.4) is 0 Å². The van der Waals surface area contributed by atoms with Gasteiger partial charge in [-0.25, -0.2) is 0 Å². The molecule has 12 heteroatoms. The van der Waals surface area contributed by atoms with Crippen molar-refractivity contribution in [2.75, 3.05) is 58.9 Å². The maximum Gasteiger partial charge on any atom is 0.246 e. The first-order chi connectivity index (χ1) is 19.1. The number of amides is 6. The Morgan fingerprint density at radius 2 is 1.10 bits per heavy atom. The van der Waals surface area contributed by atoms with E-state index in [0.29, 0.717) is 51.9 Å². The molecule has 12 nitrogen and oxygen atoms in total. The molecule has 3 N–H and O–H groups in total. The molecular formula is C28H46N6O6. The summed E-state index contributed by atoms with van der Waals surface area (Å²) < 4.78 is 0. The molecule has 0 fully saturated rings. The minimum atomic E-state index is -0.359. The van der Waals surface area contributed by atoms with Crippen molar-refractivity contribution in [3.8, 4) is 0 Å². The fourth-order valence-electron chi connectivity index (χ4n) is 3.60. The van der Waals surface area contributed by atoms with Crippen LogP contribution >= 0.6 is 0 Å². The third-order valence-electron chi connectivity index (χ3n) is 5.93. The molecule has 0 aromatic heterocycles. The zero-order chi connectivity index (χ0) is 30.3. The SMILES string of the molecule is C=CC(=O)NCCCN(CCN(CCC(=O)N(CCCNC(=O)CC)CCNC(=O)C=C)C(=O)C=C)C(=O)CC. The second-order valence-corrected chi connectivity index (χ2v) is 8.80. The highest BCUT2D eigenvalue weighted by Gasteiger charge is 2.19. The van der Waals surface area contributed by atoms with E-state index in [2.05, 4.69) is 35.7 Å². The maximum absolute atomic E-state index is 13.1. The Balaban J connectivity index is 5.15. The molecule has 6 amide bonds. The fraction of sp³-hybridized carbons (Fsp3) is 0.571. The van der Waals surface area contributed by atoms with Crippen LogP contribution in [0.25, 0.3) is 0 Å². The third kappa shape index (κ3) is 16.1. The third-order valence-corrected chi connectivity index (χ3v) is 5.93. The van der Waals surface area contributed by atoms with Crippen LogP contribution in [0.1, 0.15) is 46.0 Å². The van der Waals surface area contributed by atoms with E-state index in [1.807, 2.05) is 0 Å². The van der Waals surface area contributed by atoms with Gasteiger partial charge in [-0.2, -0.15) is 0 Å². The molecule has 0 unspecified atom stereocenters. The number of hydrogen-bond donors (Lipinski definition) is 3. The Morgan fingerprint density at radius 1 is 0.575 bits per heavy atom. The molecule has 0 aliphatic heterocycles. The van der Waals surface area contributed by atoms with Gasteiger partial charge in [0.1, 0.15) is 0 Å². The van der Waals surface area contributed by atoms with Crippen LogP contribution in [0, 0.1) is 0 Å². The van der Waals surface area contributed by atoms with Crippen LogP contribution in [-0.2, 0) is 28.8 Å². The first-order valence-corrected chi connectivity index (χ1v) is 13.7. The van der Waals surface area contributed by atoms with Gasteiger partial charge in [-0.05, 0) is 31.1 Å². The Bertz CT molecular complexity index is 891. The Hall–Kier alpha value is -3.96. The zero-order valence-corrected chi connectivity index (χ0v) is 24.0. The van der Waals surface area contributed by atoms with E-state index < -0.39 is 0 Å². The van der Waals surface area contributed by atoms with Gasteiger partial charge in [0.05, 0.1) is 0 Å². The van der Waals surface area contributed by atoms with Crippen molar-refractivity contribution in [3.05, 3.63) is 38.0 Å². The molecule has 0 aliphatic rings. The summed E-state index contributed by atoms with van der Waals surface area (Å²) in [5, 5.41) is 8.08. The largest absolute Gasteiger partial charge is 0.356 e. The van der Waals surface area contributed by atoms with Crippen molar-refractivity contribution in [2.24, 2.45) is 0 Å². The minimum Gasteiger partial charge on any atom is -0.356 e. The fourth-order valence-corrected chi connectivity index (χ4v) is 3.60. The lowest BCUT2D eigenvalue weighted by Crippen LogP contribution is -2.44. The van der Waals surface area contributed by atoms with E-state index in [1.54, 1.807) is 23.6 Å². The first-order valence-electron chi connectivity index (χ1n) is 13.7. The van der Waals surface area contributed by atoms with Gasteiger partial charge in [0, 0.05) is 78.2 Å². The lowest BCUT2D eigenvalue weighted by molar-refractivity contribution is -0.135. The average Bonchev–Trinajstić information content (AvgIpc) is 2.97. The highest BCUT2D eigenvalue weighted by atomic mass is 16.2. The van der Waals surface area contributed by atoms with Gasteiger partial charge in [-0.15, -0.1) is 0 Å². The molecule has 224 valence electrons. The molecule has 0 aliphatic carbocycles. The van der Waals surface area contributed by atoms with Crippen LogP contribution in [0.4, 0.5) is 0 Å². The normalized spacial score (nSPS) is 10.1. The monoisotopic (exact) mass is 562 g/mol. The van der Waals surface area contributed by atoms with Crippen LogP contribution in [0.5, 0.6) is 0 Å². The topological polar surface area (TPSA) is 148 Å². The van der Waals surface area contributed by atoms with Crippen molar-refractivity contribution in [2.45, 2.75) is 46.0 Å². The number of hydrogen-bond acceptors (Lipinski definition) is 6. The van der Waals surface area contributed by atoms with E-state index in [4.69, 9.17) is 0 Å². The van der Waals surface area contributed by atoms with Crippen LogP contribution < -0.4 is 16.0 Å². The van der Waals surface area contributed by atoms with Gasteiger partial charge in [-0.3, -0.25) is 28.8 Å². The highest BCUT2D eigenvalue weighted by molar-refractivity contribution is 5.88. The van der Waals surface area contributed by atoms with E-state index in [9.17, 15) is 28.8 Å². The summed E-state index contributed by atoms with van der Waals surface area (Å²) in [5.74, 6) is -1.37. The molecule has 0 bridgehead atoms. The van der Waals surface area contributed by atoms with Crippen molar-refractivity contribution < 1.29 is 28.8 Å². The average molecular weight is 563 g/mol. The smallest absolute Gasteiger partial charge is 0.246 e. The van der Waals surface area contributed by atoms with Crippen LogP contribution in [-0.4, -0.2) is 109 Å². The lowest BCUT2D eigenvalue weighted by Gasteiger charge is -2.28. The van der Waals surface area contributed by atoms with E-state index in [1.165, 1.54) is 17.1 Å². The highest BCUT2D eigenvalue weighted by Crippen LogP contribution is 2.04. The second kappa shape index (κ2) is 21.9. The molecule has 0 aromatic carbocycles. The Kier molecular flexibility index (Phi) is 19.7. The van der Waals surface area contributed by atoms with Crippen molar-refractivity contribution in [1.82, 2.24) is 30.7 Å². The van der Waals surface area contributed by atoms with Gasteiger partial charge in [0.15, 0.2) is 0 Å². The van der Waals surface area contributed by atoms with Gasteiger partial charge in [0.25, 0.3) is 0 Å². The summed E-state index contributed by atoms with van der Waals surface area (Å²) in [6.45, 7) is 16.5. The van der Waals surface area contributed by atoms with Gasteiger partial charge in [0.2, 0.25) is 35.4 Å². The maximum atomic E-state index is 13.1. The molecule has 0 aromatic rings. The van der Waals surface area contributed by atoms with E-state index >= 15 is 0 Å². The zero-order valence-electron chi connectivity index (χ0n) is 24.0. The number of carbonyl (C=O) groups excluding carboxylic acids is 6. The second-order valence-electron chi connectivity index (χ2n) is 8.80. The molecule has 0 radical (unpaired) electrons. The van der Waals surface area contributed by atoms with Gasteiger partial charge in [-0.1, -0.05) is 33.6 Å². The summed E-state index contributed by atoms with van der Waals surface area (Å²) >= 11 is 0. The van der Waals surface area contributed by atoms with Gasteiger partial charge < -0.3 is 30.7 Å². The summed E-state index contributed by atoms with van der Waals surface area (Å²) in [4.78, 5) is 77.0. The summed E-state index contributed by atoms with van der Waals surface area (Å²) in [6.07, 6.45) is 5.26. The van der Waals surface area contributed by atoms with E-state index in [0.717, 1.165) is 6.08 Å². The number of nitrogens with zero attached hydrogens (tertiary/aromatic N) is 3. The number of carbonyl (C=O) groups is 6. The first kappa shape index (κ1) is 36.0. The Morgan fingerprint density at radius 3 is 1.62 bits per heavy atom. The molecule has 0 saturated carbocycles. The predicted molar refractivity (Wildman–Crippen MR) is 154 cm³/mol. The summed E-state index contributed by atoms with van der Waals surface area (Å²) in [6, 6.07) is 0. The standard InChI is InChI=1S/C28H46N6O6/c1-6-23(35)29-14-11-17-32(20-16-31-25(37)8-3)28(40)13-19-34(27(39)10-5)22-21-33(26(38)9-4)18-12-15-30-24(36)7-2/h7-8,10H,2-3,5-6,9,11-22H2,1,4H3,(H,29,35)(H,30,36)(H,31,37). The van der Waals surface area contributed by atoms with E-state index in [-0.39, 0.29) is 74.6 Å². The molecule has 0 rings (SSSR count). The molecule has 0 heterocycles. The van der Waals surface area contributed by atoms with Crippen LogP contribution in [0.2, 0.25) is 0 Å². The Labute approximate surface area is 237 Å². The summed E-state index contributed by atoms with van der Waals surface area (Å²) in [7, 11) is 0.